The number of halogens is 3. The number of nitrogens with zero attached hydrogens (tertiary/aromatic N) is 1. The van der Waals surface area contributed by atoms with E-state index in [0.717, 1.165) is 15.4 Å². The zero-order chi connectivity index (χ0) is 24.1. The fourth-order valence-corrected chi connectivity index (χ4v) is 3.80. The fraction of sp³-hybridized carbons (Fsp3) is 0.120. The molecule has 3 aromatic carbocycles. The van der Waals surface area contributed by atoms with E-state index in [4.69, 9.17) is 25.5 Å². The monoisotopic (exact) mass is 544 g/mol. The van der Waals surface area contributed by atoms with E-state index >= 15 is 0 Å². The van der Waals surface area contributed by atoms with Crippen molar-refractivity contribution in [2.75, 3.05) is 6.61 Å². The summed E-state index contributed by atoms with van der Waals surface area (Å²) in [5.74, 6) is 0.123. The van der Waals surface area contributed by atoms with Crippen LogP contribution in [0.1, 0.15) is 28.6 Å². The summed E-state index contributed by atoms with van der Waals surface area (Å²) in [6, 6.07) is 16.4. The largest absolute Gasteiger partial charge is 0.490 e. The van der Waals surface area contributed by atoms with Crippen molar-refractivity contribution in [1.82, 2.24) is 5.43 Å². The van der Waals surface area contributed by atoms with E-state index in [1.54, 1.807) is 36.4 Å². The van der Waals surface area contributed by atoms with Gasteiger partial charge in [0.1, 0.15) is 18.0 Å². The Kier molecular flexibility index (Phi) is 7.49. The lowest BCUT2D eigenvalue weighted by Crippen LogP contribution is -2.16. The first kappa shape index (κ1) is 23.8. The van der Waals surface area contributed by atoms with Gasteiger partial charge in [0, 0.05) is 9.86 Å². The van der Waals surface area contributed by atoms with Gasteiger partial charge in [0.2, 0.25) is 0 Å². The van der Waals surface area contributed by atoms with Crippen LogP contribution < -0.4 is 14.9 Å². The van der Waals surface area contributed by atoms with Gasteiger partial charge in [-0.05, 0) is 66.6 Å². The van der Waals surface area contributed by atoms with Crippen LogP contribution in [0.15, 0.2) is 74.7 Å². The van der Waals surface area contributed by atoms with E-state index in [0.29, 0.717) is 34.3 Å². The molecule has 0 aliphatic carbocycles. The molecule has 4 rings (SSSR count). The molecule has 4 aromatic rings. The molecule has 0 unspecified atom stereocenters. The maximum atomic E-state index is 13.1. The Balaban J connectivity index is 1.46. The number of furan rings is 1. The average molecular weight is 546 g/mol. The van der Waals surface area contributed by atoms with E-state index in [1.807, 2.05) is 19.1 Å². The number of benzene rings is 3. The zero-order valence-corrected chi connectivity index (χ0v) is 20.3. The lowest BCUT2D eigenvalue weighted by atomic mass is 10.2. The number of hydrogen-bond donors (Lipinski definition) is 1. The van der Waals surface area contributed by atoms with Gasteiger partial charge < -0.3 is 13.9 Å². The molecule has 1 amide bonds. The number of ether oxygens (including phenoxy) is 2. The van der Waals surface area contributed by atoms with Crippen molar-refractivity contribution in [3.8, 4) is 11.5 Å². The van der Waals surface area contributed by atoms with E-state index in [9.17, 15) is 9.18 Å². The average Bonchev–Trinajstić information content (AvgIpc) is 3.23. The fourth-order valence-electron chi connectivity index (χ4n) is 3.15. The summed E-state index contributed by atoms with van der Waals surface area (Å²) >= 11 is 9.81. The van der Waals surface area contributed by atoms with E-state index in [-0.39, 0.29) is 18.2 Å². The van der Waals surface area contributed by atoms with Crippen LogP contribution in [0.2, 0.25) is 5.02 Å². The zero-order valence-electron chi connectivity index (χ0n) is 18.0. The van der Waals surface area contributed by atoms with Crippen molar-refractivity contribution in [1.29, 1.82) is 0 Å². The highest BCUT2D eigenvalue weighted by atomic mass is 79.9. The number of carbonyl (C=O) groups excluding carboxylic acids is 1. The minimum absolute atomic E-state index is 0.142. The molecule has 0 aliphatic heterocycles. The Bertz CT molecular complexity index is 1360. The second-order valence-electron chi connectivity index (χ2n) is 7.17. The van der Waals surface area contributed by atoms with Crippen LogP contribution >= 0.6 is 27.5 Å². The topological polar surface area (TPSA) is 73.1 Å². The minimum Gasteiger partial charge on any atom is -0.490 e. The lowest BCUT2D eigenvalue weighted by Gasteiger charge is -2.14. The molecule has 0 aliphatic rings. The Morgan fingerprint density at radius 1 is 1.15 bits per heavy atom. The van der Waals surface area contributed by atoms with E-state index in [1.165, 1.54) is 18.3 Å². The molecule has 0 atom stereocenters. The molecule has 1 heterocycles. The van der Waals surface area contributed by atoms with Crippen molar-refractivity contribution in [3.05, 3.63) is 92.9 Å². The summed E-state index contributed by atoms with van der Waals surface area (Å²) < 4.78 is 31.1. The lowest BCUT2D eigenvalue weighted by molar-refractivity contribution is 0.0929. The normalized spacial score (nSPS) is 11.2. The molecule has 0 bridgehead atoms. The summed E-state index contributed by atoms with van der Waals surface area (Å²) in [4.78, 5) is 12.4. The number of hydrazone groups is 1. The molecular weight excluding hydrogens is 527 g/mol. The summed E-state index contributed by atoms with van der Waals surface area (Å²) in [5, 5.41) is 5.10. The standard InChI is InChI=1S/C25H19BrClFN2O4/c1-2-32-22-10-16(9-20(27)24(22)33-14-15-3-6-19(28)7-4-15)13-29-30-25(31)23-12-17-11-18(26)5-8-21(17)34-23/h3-13H,2,14H2,1H3,(H,30,31)/b29-13-. The number of nitrogens with one attached hydrogen (secondary N) is 1. The van der Waals surface area contributed by atoms with Crippen LogP contribution in [-0.4, -0.2) is 18.7 Å². The molecule has 34 heavy (non-hydrogen) atoms. The number of fused-ring (bicyclic) bond motifs is 1. The molecule has 0 fully saturated rings. The smallest absolute Gasteiger partial charge is 0.307 e. The third-order valence-corrected chi connectivity index (χ3v) is 5.48. The predicted molar refractivity (Wildman–Crippen MR) is 132 cm³/mol. The molecule has 1 aromatic heterocycles. The van der Waals surface area contributed by atoms with Crippen molar-refractivity contribution >= 4 is 50.6 Å². The first-order chi connectivity index (χ1) is 16.4. The van der Waals surface area contributed by atoms with Crippen LogP contribution in [-0.2, 0) is 6.61 Å². The first-order valence-corrected chi connectivity index (χ1v) is 11.5. The maximum absolute atomic E-state index is 13.1. The van der Waals surface area contributed by atoms with Crippen molar-refractivity contribution in [3.63, 3.8) is 0 Å². The van der Waals surface area contributed by atoms with E-state index in [2.05, 4.69) is 26.5 Å². The molecular formula is C25H19BrClFN2O4. The van der Waals surface area contributed by atoms with Gasteiger partial charge in [-0.3, -0.25) is 4.79 Å². The molecule has 0 saturated heterocycles. The van der Waals surface area contributed by atoms with Crippen LogP contribution in [0, 0.1) is 5.82 Å². The van der Waals surface area contributed by atoms with Gasteiger partial charge in [-0.15, -0.1) is 0 Å². The van der Waals surface area contributed by atoms with Gasteiger partial charge in [-0.1, -0.05) is 39.7 Å². The molecule has 0 spiro atoms. The number of hydrogen-bond acceptors (Lipinski definition) is 5. The highest BCUT2D eigenvalue weighted by Gasteiger charge is 2.14. The van der Waals surface area contributed by atoms with Gasteiger partial charge in [0.25, 0.3) is 0 Å². The van der Waals surface area contributed by atoms with Gasteiger partial charge in [0.05, 0.1) is 17.8 Å². The molecule has 9 heteroatoms. The minimum atomic E-state index is -0.487. The molecule has 174 valence electrons. The predicted octanol–water partition coefficient (Wildman–Crippen LogP) is 6.73. The van der Waals surface area contributed by atoms with Crippen molar-refractivity contribution in [2.24, 2.45) is 5.10 Å². The van der Waals surface area contributed by atoms with Crippen molar-refractivity contribution < 1.29 is 23.1 Å². The molecule has 1 N–H and O–H groups in total. The second kappa shape index (κ2) is 10.7. The number of carbonyl (C=O) groups is 1. The Morgan fingerprint density at radius 2 is 1.94 bits per heavy atom. The summed E-state index contributed by atoms with van der Waals surface area (Å²) in [7, 11) is 0. The third kappa shape index (κ3) is 5.76. The quantitative estimate of drug-likeness (QED) is 0.197. The van der Waals surface area contributed by atoms with Gasteiger partial charge in [0.15, 0.2) is 17.3 Å². The summed E-state index contributed by atoms with van der Waals surface area (Å²) in [6.45, 7) is 2.42. The molecule has 0 saturated carbocycles. The van der Waals surface area contributed by atoms with Crippen LogP contribution in [0.3, 0.4) is 0 Å². The van der Waals surface area contributed by atoms with Gasteiger partial charge >= 0.3 is 5.91 Å². The SMILES string of the molecule is CCOc1cc(/C=N\NC(=O)c2cc3cc(Br)ccc3o2)cc(Cl)c1OCc1ccc(F)cc1. The van der Waals surface area contributed by atoms with E-state index < -0.39 is 5.91 Å². The molecule has 0 radical (unpaired) electrons. The highest BCUT2D eigenvalue weighted by Crippen LogP contribution is 2.37. The van der Waals surface area contributed by atoms with Crippen LogP contribution in [0.25, 0.3) is 11.0 Å². The van der Waals surface area contributed by atoms with Crippen LogP contribution in [0.4, 0.5) is 4.39 Å². The van der Waals surface area contributed by atoms with Crippen LogP contribution in [0.5, 0.6) is 11.5 Å². The van der Waals surface area contributed by atoms with Gasteiger partial charge in [-0.25, -0.2) is 9.82 Å². The maximum Gasteiger partial charge on any atom is 0.307 e. The number of rotatable bonds is 8. The Labute approximate surface area is 208 Å². The molecule has 6 nitrogen and oxygen atoms in total. The Hall–Kier alpha value is -3.36. The van der Waals surface area contributed by atoms with Gasteiger partial charge in [-0.2, -0.15) is 5.10 Å². The second-order valence-corrected chi connectivity index (χ2v) is 8.49. The number of amides is 1. The summed E-state index contributed by atoms with van der Waals surface area (Å²) in [6.07, 6.45) is 1.44. The van der Waals surface area contributed by atoms with Crippen molar-refractivity contribution in [2.45, 2.75) is 13.5 Å². The Morgan fingerprint density at radius 3 is 2.71 bits per heavy atom. The first-order valence-electron chi connectivity index (χ1n) is 10.3. The highest BCUT2D eigenvalue weighted by molar-refractivity contribution is 9.10. The summed E-state index contributed by atoms with van der Waals surface area (Å²) in [5.41, 5.74) is 4.42. The third-order valence-electron chi connectivity index (χ3n) is 4.71.